The van der Waals surface area contributed by atoms with Crippen LogP contribution in [0.15, 0.2) is 16.3 Å². The van der Waals surface area contributed by atoms with Crippen LogP contribution in [-0.2, 0) is 14.8 Å². The second-order valence-corrected chi connectivity index (χ2v) is 8.34. The van der Waals surface area contributed by atoms with Crippen molar-refractivity contribution < 1.29 is 13.2 Å². The molecular weight excluding hydrogens is 282 g/mol. The lowest BCUT2D eigenvalue weighted by molar-refractivity contribution is 0.0844. The highest BCUT2D eigenvalue weighted by atomic mass is 35.5. The molecule has 0 bridgehead atoms. The lowest BCUT2D eigenvalue weighted by Gasteiger charge is -2.30. The van der Waals surface area contributed by atoms with E-state index in [1.807, 2.05) is 13.8 Å². The summed E-state index contributed by atoms with van der Waals surface area (Å²) in [5.74, 6) is 0. The molecule has 0 saturated carbocycles. The highest BCUT2D eigenvalue weighted by molar-refractivity contribution is 7.91. The lowest BCUT2D eigenvalue weighted by Crippen LogP contribution is -2.46. The molecule has 0 aliphatic carbocycles. The zero-order valence-corrected chi connectivity index (χ0v) is 12.2. The van der Waals surface area contributed by atoms with Gasteiger partial charge >= 0.3 is 0 Å². The van der Waals surface area contributed by atoms with Crippen molar-refractivity contribution in [1.29, 1.82) is 0 Å². The number of thiophene rings is 1. The minimum Gasteiger partial charge on any atom is -0.360 e. The average Bonchev–Trinajstić information content (AvgIpc) is 2.71. The first-order valence-corrected chi connectivity index (χ1v) is 7.80. The van der Waals surface area contributed by atoms with E-state index < -0.39 is 21.8 Å². The first-order chi connectivity index (χ1) is 7.75. The molecule has 17 heavy (non-hydrogen) atoms. The van der Waals surface area contributed by atoms with Crippen molar-refractivity contribution in [3.63, 3.8) is 0 Å². The highest BCUT2D eigenvalue weighted by Gasteiger charge is 2.46. The molecule has 2 heterocycles. The van der Waals surface area contributed by atoms with Crippen molar-refractivity contribution in [3.8, 4) is 0 Å². The van der Waals surface area contributed by atoms with Gasteiger partial charge in [-0.1, -0.05) is 11.6 Å². The van der Waals surface area contributed by atoms with Gasteiger partial charge in [0.25, 0.3) is 10.0 Å². The van der Waals surface area contributed by atoms with Gasteiger partial charge in [-0.2, -0.15) is 4.31 Å². The van der Waals surface area contributed by atoms with E-state index in [1.54, 1.807) is 13.0 Å². The fourth-order valence-electron chi connectivity index (χ4n) is 2.00. The Labute approximate surface area is 110 Å². The maximum Gasteiger partial charge on any atom is 0.255 e. The smallest absolute Gasteiger partial charge is 0.255 e. The molecule has 4 nitrogen and oxygen atoms in total. The van der Waals surface area contributed by atoms with E-state index in [0.717, 1.165) is 11.3 Å². The van der Waals surface area contributed by atoms with Gasteiger partial charge in [0.15, 0.2) is 0 Å². The van der Waals surface area contributed by atoms with E-state index in [4.69, 9.17) is 16.3 Å². The Morgan fingerprint density at radius 2 is 2.18 bits per heavy atom. The van der Waals surface area contributed by atoms with Gasteiger partial charge in [0.1, 0.15) is 10.4 Å². The fourth-order valence-corrected chi connectivity index (χ4v) is 5.44. The highest BCUT2D eigenvalue weighted by Crippen LogP contribution is 2.36. The predicted molar refractivity (Wildman–Crippen MR) is 67.8 cm³/mol. The van der Waals surface area contributed by atoms with Crippen LogP contribution in [0.5, 0.6) is 0 Å². The van der Waals surface area contributed by atoms with Crippen molar-refractivity contribution >= 4 is 33.0 Å². The van der Waals surface area contributed by atoms with Crippen molar-refractivity contribution in [1.82, 2.24) is 4.31 Å². The quantitative estimate of drug-likeness (QED) is 0.842. The van der Waals surface area contributed by atoms with E-state index in [2.05, 4.69) is 0 Å². The summed E-state index contributed by atoms with van der Waals surface area (Å²) in [6.07, 6.45) is -0.448. The summed E-state index contributed by atoms with van der Waals surface area (Å²) >= 11 is 6.85. The summed E-state index contributed by atoms with van der Waals surface area (Å²) in [6, 6.07) is 3.12. The zero-order valence-electron chi connectivity index (χ0n) is 9.81. The van der Waals surface area contributed by atoms with E-state index in [1.165, 1.54) is 10.4 Å². The van der Waals surface area contributed by atoms with Gasteiger partial charge in [0, 0.05) is 0 Å². The molecule has 0 spiro atoms. The number of rotatable bonds is 2. The molecule has 0 amide bonds. The Hall–Kier alpha value is -0.140. The SMILES string of the molecule is CC1OCC(C)(C)N1S(=O)(=O)c1ccc(Cl)s1. The molecule has 1 atom stereocenters. The minimum absolute atomic E-state index is 0.257. The topological polar surface area (TPSA) is 46.6 Å². The second-order valence-electron chi connectivity index (χ2n) is 4.58. The molecular formula is C10H14ClNO3S2. The Bertz CT molecular complexity index is 523. The van der Waals surface area contributed by atoms with Gasteiger partial charge < -0.3 is 4.74 Å². The number of hydrogen-bond donors (Lipinski definition) is 0. The summed E-state index contributed by atoms with van der Waals surface area (Å²) in [7, 11) is -3.53. The van der Waals surface area contributed by atoms with Crippen molar-refractivity contribution in [2.45, 2.75) is 36.7 Å². The van der Waals surface area contributed by atoms with E-state index in [9.17, 15) is 8.42 Å². The van der Waals surface area contributed by atoms with Crippen molar-refractivity contribution in [3.05, 3.63) is 16.5 Å². The normalized spacial score (nSPS) is 25.3. The Morgan fingerprint density at radius 3 is 2.59 bits per heavy atom. The Morgan fingerprint density at radius 1 is 1.53 bits per heavy atom. The molecule has 96 valence electrons. The minimum atomic E-state index is -3.53. The molecule has 0 N–H and O–H groups in total. The number of nitrogens with zero attached hydrogens (tertiary/aromatic N) is 1. The van der Waals surface area contributed by atoms with Crippen LogP contribution >= 0.6 is 22.9 Å². The molecule has 0 aromatic carbocycles. The lowest BCUT2D eigenvalue weighted by atomic mass is 10.1. The largest absolute Gasteiger partial charge is 0.360 e. The molecule has 7 heteroatoms. The van der Waals surface area contributed by atoms with Gasteiger partial charge in [-0.05, 0) is 32.9 Å². The fraction of sp³-hybridized carbons (Fsp3) is 0.600. The summed E-state index contributed by atoms with van der Waals surface area (Å²) < 4.78 is 32.5. The maximum absolute atomic E-state index is 12.5. The van der Waals surface area contributed by atoms with E-state index >= 15 is 0 Å². The summed E-state index contributed by atoms with van der Waals surface area (Å²) in [6.45, 7) is 5.83. The number of halogens is 1. The maximum atomic E-state index is 12.5. The van der Waals surface area contributed by atoms with Crippen LogP contribution in [0.25, 0.3) is 0 Å². The number of hydrogen-bond acceptors (Lipinski definition) is 4. The van der Waals surface area contributed by atoms with Crippen LogP contribution in [0.1, 0.15) is 20.8 Å². The molecule has 1 saturated heterocycles. The zero-order chi connectivity index (χ0) is 12.8. The molecule has 2 rings (SSSR count). The van der Waals surface area contributed by atoms with Gasteiger partial charge in [0.05, 0.1) is 16.5 Å². The van der Waals surface area contributed by atoms with Gasteiger partial charge in [-0.25, -0.2) is 8.42 Å². The van der Waals surface area contributed by atoms with Crippen LogP contribution in [-0.4, -0.2) is 31.1 Å². The second kappa shape index (κ2) is 4.20. The number of sulfonamides is 1. The standard InChI is InChI=1S/C10H14ClNO3S2/c1-7-12(10(2,3)6-15-7)17(13,14)9-5-4-8(11)16-9/h4-5,7H,6H2,1-3H3. The molecule has 1 unspecified atom stereocenters. The first-order valence-electron chi connectivity index (χ1n) is 5.17. The Balaban J connectivity index is 2.45. The molecule has 1 aromatic heterocycles. The first kappa shape index (κ1) is 13.3. The van der Waals surface area contributed by atoms with Crippen LogP contribution in [0.3, 0.4) is 0 Å². The van der Waals surface area contributed by atoms with Crippen LogP contribution < -0.4 is 0 Å². The van der Waals surface area contributed by atoms with Gasteiger partial charge in [-0.15, -0.1) is 11.3 Å². The summed E-state index contributed by atoms with van der Waals surface area (Å²) in [5, 5.41) is 0. The van der Waals surface area contributed by atoms with Crippen molar-refractivity contribution in [2.75, 3.05) is 6.61 Å². The van der Waals surface area contributed by atoms with E-state index in [-0.39, 0.29) is 4.21 Å². The molecule has 1 aliphatic rings. The summed E-state index contributed by atoms with van der Waals surface area (Å²) in [4.78, 5) is 0. The van der Waals surface area contributed by atoms with Crippen LogP contribution in [0.2, 0.25) is 4.34 Å². The third-order valence-corrected chi connectivity index (χ3v) is 6.53. The van der Waals surface area contributed by atoms with Crippen LogP contribution in [0.4, 0.5) is 0 Å². The van der Waals surface area contributed by atoms with Crippen molar-refractivity contribution in [2.24, 2.45) is 0 Å². The molecule has 1 fully saturated rings. The van der Waals surface area contributed by atoms with E-state index in [0.29, 0.717) is 10.9 Å². The average molecular weight is 296 g/mol. The monoisotopic (exact) mass is 295 g/mol. The van der Waals surface area contributed by atoms with Gasteiger partial charge in [-0.3, -0.25) is 0 Å². The van der Waals surface area contributed by atoms with Crippen LogP contribution in [0, 0.1) is 0 Å². The molecule has 1 aromatic rings. The summed E-state index contributed by atoms with van der Waals surface area (Å²) in [5.41, 5.74) is -0.533. The number of ether oxygens (including phenoxy) is 1. The predicted octanol–water partition coefficient (Wildman–Crippen LogP) is 2.55. The molecule has 0 radical (unpaired) electrons. The molecule has 1 aliphatic heterocycles. The Kier molecular flexibility index (Phi) is 3.29. The van der Waals surface area contributed by atoms with Gasteiger partial charge in [0.2, 0.25) is 0 Å². The third-order valence-electron chi connectivity index (χ3n) is 2.67. The third kappa shape index (κ3) is 2.24.